The molecule has 0 bridgehead atoms. The molecule has 1 fully saturated rings. The number of hydrogen-bond donors (Lipinski definition) is 1. The Morgan fingerprint density at radius 2 is 1.76 bits per heavy atom. The number of nitrogen functional groups attached to an aromatic ring is 1. The van der Waals surface area contributed by atoms with Crippen LogP contribution in [0.1, 0.15) is 59.7 Å². The van der Waals surface area contributed by atoms with Crippen LogP contribution in [-0.4, -0.2) is 39.6 Å². The summed E-state index contributed by atoms with van der Waals surface area (Å²) in [4.78, 5) is 15.9. The number of carbonyl (C=O) groups is 1. The van der Waals surface area contributed by atoms with E-state index in [-0.39, 0.29) is 34.6 Å². The van der Waals surface area contributed by atoms with Gasteiger partial charge in [0.15, 0.2) is 17.3 Å². The van der Waals surface area contributed by atoms with Crippen LogP contribution in [0.3, 0.4) is 0 Å². The standard InChI is InChI=1S/C33H32F2N4O2/c1-20(2)38-13-11-21(12-14-38)27-17-22-15-24(16-23(22)18-30(27)35)32(40)28-19-37-39(33(28)36)25-7-9-26(10-8-25)41-31-6-4-3-5-29(31)34/h3-10,16-21H,11-15,36H2,1-2H3. The van der Waals surface area contributed by atoms with Crippen molar-refractivity contribution in [1.29, 1.82) is 0 Å². The molecule has 4 aromatic rings. The second kappa shape index (κ2) is 10.9. The number of hydrogen-bond acceptors (Lipinski definition) is 5. The lowest BCUT2D eigenvalue weighted by Crippen LogP contribution is -2.38. The van der Waals surface area contributed by atoms with E-state index in [0.29, 0.717) is 29.5 Å². The lowest BCUT2D eigenvalue weighted by atomic mass is 9.87. The number of benzene rings is 3. The van der Waals surface area contributed by atoms with Gasteiger partial charge in [0.1, 0.15) is 17.4 Å². The largest absolute Gasteiger partial charge is 0.454 e. The normalized spacial score (nSPS) is 15.7. The first kappa shape index (κ1) is 26.9. The quantitative estimate of drug-likeness (QED) is 0.251. The van der Waals surface area contributed by atoms with Gasteiger partial charge >= 0.3 is 0 Å². The van der Waals surface area contributed by atoms with Crippen molar-refractivity contribution in [2.24, 2.45) is 0 Å². The summed E-state index contributed by atoms with van der Waals surface area (Å²) in [6.45, 7) is 6.31. The second-order valence-electron chi connectivity index (χ2n) is 11.0. The van der Waals surface area contributed by atoms with Crippen LogP contribution in [0.15, 0.2) is 72.4 Å². The van der Waals surface area contributed by atoms with E-state index in [0.717, 1.165) is 42.6 Å². The number of aromatic nitrogens is 2. The molecule has 210 valence electrons. The van der Waals surface area contributed by atoms with Gasteiger partial charge < -0.3 is 15.4 Å². The molecule has 6 rings (SSSR count). The van der Waals surface area contributed by atoms with Crippen molar-refractivity contribution in [2.75, 3.05) is 18.8 Å². The average Bonchev–Trinajstić information content (AvgIpc) is 3.57. The van der Waals surface area contributed by atoms with Gasteiger partial charge in [-0.15, -0.1) is 0 Å². The number of fused-ring (bicyclic) bond motifs is 1. The number of para-hydroxylation sites is 1. The second-order valence-corrected chi connectivity index (χ2v) is 11.0. The first-order valence-electron chi connectivity index (χ1n) is 14.0. The number of ketones is 1. The first-order chi connectivity index (χ1) is 19.8. The van der Waals surface area contributed by atoms with E-state index in [1.54, 1.807) is 54.6 Å². The van der Waals surface area contributed by atoms with Crippen molar-refractivity contribution >= 4 is 17.7 Å². The van der Waals surface area contributed by atoms with E-state index in [1.165, 1.54) is 16.9 Å². The SMILES string of the molecule is CC(C)N1CCC(c2cc3c(cc2F)C=C(C(=O)c2cnn(-c4ccc(Oc5ccccc5F)cc4)c2N)C3)CC1. The highest BCUT2D eigenvalue weighted by molar-refractivity contribution is 6.15. The van der Waals surface area contributed by atoms with Gasteiger partial charge in [-0.2, -0.15) is 5.10 Å². The maximum atomic E-state index is 15.2. The number of rotatable bonds is 7. The molecule has 8 heteroatoms. The average molecular weight is 555 g/mol. The molecule has 0 saturated carbocycles. The lowest BCUT2D eigenvalue weighted by molar-refractivity contribution is 0.103. The molecule has 1 saturated heterocycles. The maximum absolute atomic E-state index is 15.2. The number of carbonyl (C=O) groups excluding carboxylic acids is 1. The number of anilines is 1. The Labute approximate surface area is 238 Å². The molecular formula is C33H32F2N4O2. The monoisotopic (exact) mass is 554 g/mol. The van der Waals surface area contributed by atoms with E-state index in [1.807, 2.05) is 6.07 Å². The molecule has 0 radical (unpaired) electrons. The Balaban J connectivity index is 1.16. The number of nitrogens with zero attached hydrogens (tertiary/aromatic N) is 3. The van der Waals surface area contributed by atoms with Crippen LogP contribution in [0, 0.1) is 11.6 Å². The molecule has 1 aromatic heterocycles. The highest BCUT2D eigenvalue weighted by Gasteiger charge is 2.28. The van der Waals surface area contributed by atoms with Gasteiger partial charge in [0.25, 0.3) is 0 Å². The summed E-state index contributed by atoms with van der Waals surface area (Å²) in [6.07, 6.45) is 5.51. The van der Waals surface area contributed by atoms with Gasteiger partial charge in [-0.3, -0.25) is 4.79 Å². The number of ether oxygens (including phenoxy) is 1. The third kappa shape index (κ3) is 5.27. The van der Waals surface area contributed by atoms with E-state index in [9.17, 15) is 9.18 Å². The molecular weight excluding hydrogens is 522 g/mol. The minimum Gasteiger partial charge on any atom is -0.454 e. The van der Waals surface area contributed by atoms with E-state index < -0.39 is 5.82 Å². The van der Waals surface area contributed by atoms with Crippen LogP contribution in [0.25, 0.3) is 11.8 Å². The van der Waals surface area contributed by atoms with E-state index >= 15 is 4.39 Å². The van der Waals surface area contributed by atoms with Crippen LogP contribution >= 0.6 is 0 Å². The number of halogens is 2. The first-order valence-corrected chi connectivity index (χ1v) is 14.0. The molecule has 2 heterocycles. The van der Waals surface area contributed by atoms with Crippen molar-refractivity contribution in [1.82, 2.24) is 14.7 Å². The Morgan fingerprint density at radius 3 is 2.46 bits per heavy atom. The molecule has 0 unspecified atom stereocenters. The fourth-order valence-corrected chi connectivity index (χ4v) is 5.79. The highest BCUT2D eigenvalue weighted by Crippen LogP contribution is 2.36. The predicted molar refractivity (Wildman–Crippen MR) is 156 cm³/mol. The number of Topliss-reactive ketones (excluding diaryl/α,β-unsaturated/α-hetero) is 1. The molecule has 1 aliphatic carbocycles. The fourth-order valence-electron chi connectivity index (χ4n) is 5.79. The van der Waals surface area contributed by atoms with Gasteiger partial charge in [-0.25, -0.2) is 13.5 Å². The molecule has 1 aliphatic heterocycles. The lowest BCUT2D eigenvalue weighted by Gasteiger charge is -2.35. The number of piperidine rings is 1. The zero-order valence-electron chi connectivity index (χ0n) is 23.1. The third-order valence-electron chi connectivity index (χ3n) is 8.16. The summed E-state index contributed by atoms with van der Waals surface area (Å²) >= 11 is 0. The topological polar surface area (TPSA) is 73.4 Å². The van der Waals surface area contributed by atoms with Gasteiger partial charge in [-0.05, 0) is 111 Å². The van der Waals surface area contributed by atoms with Crippen molar-refractivity contribution in [2.45, 2.75) is 45.1 Å². The van der Waals surface area contributed by atoms with Gasteiger partial charge in [0.2, 0.25) is 0 Å². The zero-order chi connectivity index (χ0) is 28.7. The number of allylic oxidation sites excluding steroid dienone is 1. The summed E-state index contributed by atoms with van der Waals surface area (Å²) in [7, 11) is 0. The summed E-state index contributed by atoms with van der Waals surface area (Å²) in [5.74, 6) is 0.0900. The van der Waals surface area contributed by atoms with Crippen molar-refractivity contribution in [3.63, 3.8) is 0 Å². The van der Waals surface area contributed by atoms with Crippen LogP contribution in [0.4, 0.5) is 14.6 Å². The van der Waals surface area contributed by atoms with Crippen molar-refractivity contribution in [3.8, 4) is 17.2 Å². The highest BCUT2D eigenvalue weighted by atomic mass is 19.1. The maximum Gasteiger partial charge on any atom is 0.194 e. The van der Waals surface area contributed by atoms with Crippen LogP contribution in [-0.2, 0) is 6.42 Å². The molecule has 6 nitrogen and oxygen atoms in total. The van der Waals surface area contributed by atoms with Gasteiger partial charge in [0, 0.05) is 18.0 Å². The Kier molecular flexibility index (Phi) is 7.17. The summed E-state index contributed by atoms with van der Waals surface area (Å²) in [5, 5.41) is 4.34. The molecule has 2 N–H and O–H groups in total. The minimum atomic E-state index is -0.453. The molecule has 2 aliphatic rings. The smallest absolute Gasteiger partial charge is 0.194 e. The summed E-state index contributed by atoms with van der Waals surface area (Å²) < 4.78 is 36.2. The van der Waals surface area contributed by atoms with Crippen LogP contribution in [0.5, 0.6) is 11.5 Å². The number of nitrogens with two attached hydrogens (primary N) is 1. The van der Waals surface area contributed by atoms with Gasteiger partial charge in [-0.1, -0.05) is 18.2 Å². The fraction of sp³-hybridized carbons (Fsp3) is 0.273. The zero-order valence-corrected chi connectivity index (χ0v) is 23.1. The Hall–Kier alpha value is -4.30. The van der Waals surface area contributed by atoms with Crippen LogP contribution in [0.2, 0.25) is 0 Å². The molecule has 0 amide bonds. The molecule has 0 spiro atoms. The summed E-state index contributed by atoms with van der Waals surface area (Å²) in [5.41, 5.74) is 10.3. The van der Waals surface area contributed by atoms with Crippen LogP contribution < -0.4 is 10.5 Å². The van der Waals surface area contributed by atoms with E-state index in [4.69, 9.17) is 10.5 Å². The number of likely N-dealkylation sites (tertiary alicyclic amines) is 1. The van der Waals surface area contributed by atoms with Crippen molar-refractivity contribution < 1.29 is 18.3 Å². The van der Waals surface area contributed by atoms with E-state index in [2.05, 4.69) is 23.8 Å². The minimum absolute atomic E-state index is 0.126. The molecule has 0 atom stereocenters. The molecule has 41 heavy (non-hydrogen) atoms. The van der Waals surface area contributed by atoms with Crippen molar-refractivity contribution in [3.05, 3.63) is 106 Å². The predicted octanol–water partition coefficient (Wildman–Crippen LogP) is 6.94. The third-order valence-corrected chi connectivity index (χ3v) is 8.16. The van der Waals surface area contributed by atoms with Gasteiger partial charge in [0.05, 0.1) is 17.4 Å². The summed E-state index contributed by atoms with van der Waals surface area (Å²) in [6, 6.07) is 17.0. The Morgan fingerprint density at radius 1 is 1.02 bits per heavy atom. The molecule has 3 aromatic carbocycles. The Bertz CT molecular complexity index is 1630.